The van der Waals surface area contributed by atoms with Gasteiger partial charge in [-0.2, -0.15) is 0 Å². The summed E-state index contributed by atoms with van der Waals surface area (Å²) in [6.07, 6.45) is 2.67. The molecule has 1 unspecified atom stereocenters. The Hall–Kier alpha value is -1.47. The lowest BCUT2D eigenvalue weighted by molar-refractivity contribution is -0.144. The van der Waals surface area contributed by atoms with E-state index in [0.29, 0.717) is 18.1 Å². The van der Waals surface area contributed by atoms with Crippen LogP contribution in [0.15, 0.2) is 5.38 Å². The minimum atomic E-state index is -0.767. The zero-order valence-corrected chi connectivity index (χ0v) is 11.6. The molecule has 0 spiro atoms. The number of carbonyl (C=O) groups is 2. The summed E-state index contributed by atoms with van der Waals surface area (Å²) in [7, 11) is 0. The lowest BCUT2D eigenvalue weighted by atomic mass is 10.0. The molecule has 1 amide bonds. The van der Waals surface area contributed by atoms with Crippen LogP contribution >= 0.6 is 11.3 Å². The van der Waals surface area contributed by atoms with E-state index in [1.54, 1.807) is 0 Å². The summed E-state index contributed by atoms with van der Waals surface area (Å²) in [5, 5.41) is 14.2. The Bertz CT molecular complexity index is 475. The molecular formula is C12H17N3O3S. The van der Waals surface area contributed by atoms with Gasteiger partial charge in [0.05, 0.1) is 5.69 Å². The Balaban J connectivity index is 2.00. The van der Waals surface area contributed by atoms with E-state index in [4.69, 9.17) is 0 Å². The SMILES string of the molecule is CC(=O)Nc1nc(CN2CCCCC2C(=O)O)cs1. The zero-order valence-electron chi connectivity index (χ0n) is 10.8. The highest BCUT2D eigenvalue weighted by Crippen LogP contribution is 2.22. The van der Waals surface area contributed by atoms with Crippen LogP contribution in [-0.2, 0) is 16.1 Å². The lowest BCUT2D eigenvalue weighted by Gasteiger charge is -2.32. The van der Waals surface area contributed by atoms with Crippen LogP contribution in [0.1, 0.15) is 31.9 Å². The van der Waals surface area contributed by atoms with Crippen LogP contribution in [0.4, 0.5) is 5.13 Å². The predicted molar refractivity (Wildman–Crippen MR) is 72.1 cm³/mol. The Kier molecular flexibility index (Phi) is 4.49. The quantitative estimate of drug-likeness (QED) is 0.876. The standard InChI is InChI=1S/C12H17N3O3S/c1-8(16)13-12-14-9(7-19-12)6-15-5-3-2-4-10(15)11(17)18/h7,10H,2-6H2,1H3,(H,17,18)(H,13,14,16). The number of carbonyl (C=O) groups excluding carboxylic acids is 1. The number of aliphatic carboxylic acids is 1. The van der Waals surface area contributed by atoms with Crippen molar-refractivity contribution in [2.45, 2.75) is 38.8 Å². The van der Waals surface area contributed by atoms with Gasteiger partial charge in [-0.3, -0.25) is 14.5 Å². The van der Waals surface area contributed by atoms with Crippen LogP contribution < -0.4 is 5.32 Å². The Morgan fingerprint density at radius 1 is 1.58 bits per heavy atom. The van der Waals surface area contributed by atoms with Crippen LogP contribution in [0.5, 0.6) is 0 Å². The van der Waals surface area contributed by atoms with Crippen molar-refractivity contribution >= 4 is 28.3 Å². The summed E-state index contributed by atoms with van der Waals surface area (Å²) >= 11 is 1.36. The molecular weight excluding hydrogens is 266 g/mol. The predicted octanol–water partition coefficient (Wildman–Crippen LogP) is 1.54. The van der Waals surface area contributed by atoms with E-state index in [9.17, 15) is 14.7 Å². The zero-order chi connectivity index (χ0) is 13.8. The maximum absolute atomic E-state index is 11.2. The van der Waals surface area contributed by atoms with Crippen molar-refractivity contribution in [3.8, 4) is 0 Å². The van der Waals surface area contributed by atoms with Crippen molar-refractivity contribution in [1.82, 2.24) is 9.88 Å². The van der Waals surface area contributed by atoms with Gasteiger partial charge >= 0.3 is 5.97 Å². The first-order valence-electron chi connectivity index (χ1n) is 6.25. The molecule has 0 aliphatic carbocycles. The van der Waals surface area contributed by atoms with E-state index in [1.165, 1.54) is 18.3 Å². The number of nitrogens with zero attached hydrogens (tertiary/aromatic N) is 2. The van der Waals surface area contributed by atoms with E-state index < -0.39 is 12.0 Å². The van der Waals surface area contributed by atoms with Gasteiger partial charge in [0.1, 0.15) is 6.04 Å². The Morgan fingerprint density at radius 2 is 2.37 bits per heavy atom. The van der Waals surface area contributed by atoms with Crippen LogP contribution in [0, 0.1) is 0 Å². The fourth-order valence-corrected chi connectivity index (χ4v) is 3.00. The van der Waals surface area contributed by atoms with E-state index in [0.717, 1.165) is 25.1 Å². The highest BCUT2D eigenvalue weighted by Gasteiger charge is 2.28. The van der Waals surface area contributed by atoms with Crippen LogP contribution in [-0.4, -0.2) is 39.5 Å². The number of thiazole rings is 1. The second-order valence-electron chi connectivity index (χ2n) is 4.65. The molecule has 1 saturated heterocycles. The Morgan fingerprint density at radius 3 is 3.05 bits per heavy atom. The van der Waals surface area contributed by atoms with Crippen LogP contribution in [0.3, 0.4) is 0 Å². The molecule has 7 heteroatoms. The molecule has 6 nitrogen and oxygen atoms in total. The largest absolute Gasteiger partial charge is 0.480 e. The lowest BCUT2D eigenvalue weighted by Crippen LogP contribution is -2.44. The van der Waals surface area contributed by atoms with E-state index in [2.05, 4.69) is 10.3 Å². The second-order valence-corrected chi connectivity index (χ2v) is 5.50. The highest BCUT2D eigenvalue weighted by molar-refractivity contribution is 7.13. The third kappa shape index (κ3) is 3.74. The highest BCUT2D eigenvalue weighted by atomic mass is 32.1. The van der Waals surface area contributed by atoms with Crippen LogP contribution in [0.2, 0.25) is 0 Å². The first-order valence-corrected chi connectivity index (χ1v) is 7.13. The number of amides is 1. The van der Waals surface area contributed by atoms with Gasteiger partial charge in [-0.15, -0.1) is 11.3 Å². The molecule has 0 bridgehead atoms. The number of piperidine rings is 1. The molecule has 2 rings (SSSR count). The number of carboxylic acid groups (broad SMARTS) is 1. The minimum Gasteiger partial charge on any atom is -0.480 e. The number of hydrogen-bond acceptors (Lipinski definition) is 5. The number of nitrogens with one attached hydrogen (secondary N) is 1. The summed E-state index contributed by atoms with van der Waals surface area (Å²) in [6.45, 7) is 2.74. The number of carboxylic acids is 1. The molecule has 0 aromatic carbocycles. The smallest absolute Gasteiger partial charge is 0.320 e. The normalized spacial score (nSPS) is 20.2. The van der Waals surface area contributed by atoms with Gasteiger partial charge < -0.3 is 10.4 Å². The molecule has 2 heterocycles. The molecule has 1 atom stereocenters. The van der Waals surface area contributed by atoms with Gasteiger partial charge in [-0.25, -0.2) is 4.98 Å². The minimum absolute atomic E-state index is 0.151. The van der Waals surface area contributed by atoms with Gasteiger partial charge in [-0.05, 0) is 19.4 Å². The molecule has 0 saturated carbocycles. The van der Waals surface area contributed by atoms with Crippen molar-refractivity contribution < 1.29 is 14.7 Å². The topological polar surface area (TPSA) is 82.5 Å². The van der Waals surface area contributed by atoms with E-state index in [-0.39, 0.29) is 5.91 Å². The third-order valence-corrected chi connectivity index (χ3v) is 3.91. The molecule has 1 fully saturated rings. The second kappa shape index (κ2) is 6.12. The average molecular weight is 283 g/mol. The fourth-order valence-electron chi connectivity index (χ4n) is 2.26. The number of hydrogen-bond donors (Lipinski definition) is 2. The molecule has 0 radical (unpaired) electrons. The summed E-state index contributed by atoms with van der Waals surface area (Å²) in [5.41, 5.74) is 0.807. The van der Waals surface area contributed by atoms with Gasteiger partial charge in [0.15, 0.2) is 5.13 Å². The molecule has 2 N–H and O–H groups in total. The molecule has 19 heavy (non-hydrogen) atoms. The van der Waals surface area contributed by atoms with Gasteiger partial charge in [0.25, 0.3) is 0 Å². The monoisotopic (exact) mass is 283 g/mol. The molecule has 104 valence electrons. The summed E-state index contributed by atoms with van der Waals surface area (Å²) in [5.74, 6) is -0.917. The summed E-state index contributed by atoms with van der Waals surface area (Å²) in [6, 6.07) is -0.417. The molecule has 1 aromatic heterocycles. The van der Waals surface area contributed by atoms with Crippen molar-refractivity contribution in [3.05, 3.63) is 11.1 Å². The molecule has 1 aromatic rings. The summed E-state index contributed by atoms with van der Waals surface area (Å²) in [4.78, 5) is 28.3. The Labute approximate surface area is 115 Å². The third-order valence-electron chi connectivity index (χ3n) is 3.10. The fraction of sp³-hybridized carbons (Fsp3) is 0.583. The number of anilines is 1. The first kappa shape index (κ1) is 14.0. The van der Waals surface area contributed by atoms with Crippen molar-refractivity contribution in [2.24, 2.45) is 0 Å². The van der Waals surface area contributed by atoms with E-state index >= 15 is 0 Å². The molecule has 1 aliphatic rings. The van der Waals surface area contributed by atoms with Crippen molar-refractivity contribution in [3.63, 3.8) is 0 Å². The maximum atomic E-state index is 11.2. The van der Waals surface area contributed by atoms with Gasteiger partial charge in [0, 0.05) is 18.8 Å². The number of aromatic nitrogens is 1. The first-order chi connectivity index (χ1) is 9.06. The number of likely N-dealkylation sites (tertiary alicyclic amines) is 1. The number of rotatable bonds is 4. The molecule has 1 aliphatic heterocycles. The van der Waals surface area contributed by atoms with Gasteiger partial charge in [0.2, 0.25) is 5.91 Å². The van der Waals surface area contributed by atoms with Gasteiger partial charge in [-0.1, -0.05) is 6.42 Å². The summed E-state index contributed by atoms with van der Waals surface area (Å²) < 4.78 is 0. The van der Waals surface area contributed by atoms with Crippen LogP contribution in [0.25, 0.3) is 0 Å². The average Bonchev–Trinajstić information content (AvgIpc) is 2.76. The van der Waals surface area contributed by atoms with Crippen molar-refractivity contribution in [2.75, 3.05) is 11.9 Å². The van der Waals surface area contributed by atoms with Crippen molar-refractivity contribution in [1.29, 1.82) is 0 Å². The maximum Gasteiger partial charge on any atom is 0.320 e. The van der Waals surface area contributed by atoms with E-state index in [1.807, 2.05) is 10.3 Å².